The topological polar surface area (TPSA) is 122 Å². The van der Waals surface area contributed by atoms with Crippen molar-refractivity contribution in [3.05, 3.63) is 0 Å². The highest BCUT2D eigenvalue weighted by Gasteiger charge is 2.25. The Hall–Kier alpha value is -2.30. The Morgan fingerprint density at radius 3 is 2.00 bits per heavy atom. The molecule has 1 atom stereocenters. The lowest BCUT2D eigenvalue weighted by molar-refractivity contribution is -0.140. The second-order valence-electron chi connectivity index (χ2n) is 3.75. The summed E-state index contributed by atoms with van der Waals surface area (Å²) in [5.74, 6) is -2.60. The third-order valence-corrected chi connectivity index (χ3v) is 2.27. The Balaban J connectivity index is 4.78. The maximum absolute atomic E-state index is 11.8. The summed E-state index contributed by atoms with van der Waals surface area (Å²) in [6.45, 7) is 0.213. The van der Waals surface area contributed by atoms with Crippen LogP contribution < -0.4 is 0 Å². The van der Waals surface area contributed by atoms with Gasteiger partial charge in [-0.1, -0.05) is 0 Å². The molecule has 0 rings (SSSR count). The van der Waals surface area contributed by atoms with E-state index in [2.05, 4.69) is 0 Å². The van der Waals surface area contributed by atoms with Gasteiger partial charge in [0.2, 0.25) is 0 Å². The lowest BCUT2D eigenvalue weighted by Gasteiger charge is -2.29. The molecular weight excluding hydrogens is 242 g/mol. The standard InChI is InChI=1S/C10H15N3O5/c1-7(3-4-11)12(2)10(18)13(5-8(14)15)6-9(16)17/h7H,3,5-6H2,1-2H3,(H,14,15)(H,16,17). The van der Waals surface area contributed by atoms with Crippen molar-refractivity contribution in [3.63, 3.8) is 0 Å². The summed E-state index contributed by atoms with van der Waals surface area (Å²) in [4.78, 5) is 34.8. The number of nitriles is 1. The van der Waals surface area contributed by atoms with E-state index in [1.165, 1.54) is 7.05 Å². The highest BCUT2D eigenvalue weighted by atomic mass is 16.4. The Kier molecular flexibility index (Phi) is 6.20. The second kappa shape index (κ2) is 7.11. The number of carbonyl (C=O) groups is 3. The number of amides is 2. The third kappa shape index (κ3) is 5.16. The summed E-state index contributed by atoms with van der Waals surface area (Å²) in [7, 11) is 1.39. The number of hydrogen-bond acceptors (Lipinski definition) is 4. The van der Waals surface area contributed by atoms with E-state index in [0.717, 1.165) is 4.90 Å². The van der Waals surface area contributed by atoms with Crippen LogP contribution in [-0.2, 0) is 9.59 Å². The zero-order valence-electron chi connectivity index (χ0n) is 10.2. The summed E-state index contributed by atoms with van der Waals surface area (Å²) in [6, 6.07) is 0.721. The molecule has 8 heteroatoms. The minimum absolute atomic E-state index is 0.0796. The fourth-order valence-electron chi connectivity index (χ4n) is 1.20. The van der Waals surface area contributed by atoms with Gasteiger partial charge in [-0.25, -0.2) is 4.79 Å². The van der Waals surface area contributed by atoms with Crippen LogP contribution in [0.1, 0.15) is 13.3 Å². The normalized spacial score (nSPS) is 11.2. The third-order valence-electron chi connectivity index (χ3n) is 2.27. The molecule has 0 aromatic heterocycles. The van der Waals surface area contributed by atoms with Crippen LogP contribution in [0.5, 0.6) is 0 Å². The molecule has 0 aromatic rings. The number of carboxylic acid groups (broad SMARTS) is 2. The van der Waals surface area contributed by atoms with Crippen LogP contribution in [0.2, 0.25) is 0 Å². The quantitative estimate of drug-likeness (QED) is 0.680. The first-order chi connectivity index (χ1) is 8.29. The largest absolute Gasteiger partial charge is 0.480 e. The van der Waals surface area contributed by atoms with Gasteiger partial charge in [0.25, 0.3) is 0 Å². The molecule has 2 N–H and O–H groups in total. The van der Waals surface area contributed by atoms with Crippen LogP contribution in [0.3, 0.4) is 0 Å². The highest BCUT2D eigenvalue weighted by molar-refractivity contribution is 5.84. The minimum atomic E-state index is -1.30. The van der Waals surface area contributed by atoms with Crippen molar-refractivity contribution < 1.29 is 24.6 Å². The van der Waals surface area contributed by atoms with E-state index in [1.807, 2.05) is 6.07 Å². The molecule has 0 aliphatic rings. The summed E-state index contributed by atoms with van der Waals surface area (Å²) < 4.78 is 0. The Labute approximate surface area is 104 Å². The molecule has 0 saturated heterocycles. The van der Waals surface area contributed by atoms with E-state index < -0.39 is 37.1 Å². The van der Waals surface area contributed by atoms with Crippen LogP contribution in [-0.4, -0.2) is 64.2 Å². The van der Waals surface area contributed by atoms with Crippen LogP contribution in [0.4, 0.5) is 4.79 Å². The molecule has 1 unspecified atom stereocenters. The molecule has 18 heavy (non-hydrogen) atoms. The van der Waals surface area contributed by atoms with Crippen molar-refractivity contribution in [2.45, 2.75) is 19.4 Å². The highest BCUT2D eigenvalue weighted by Crippen LogP contribution is 2.05. The number of rotatable bonds is 6. The number of urea groups is 1. The van der Waals surface area contributed by atoms with Gasteiger partial charge in [0.1, 0.15) is 13.1 Å². The summed E-state index contributed by atoms with van der Waals surface area (Å²) in [5, 5.41) is 25.7. The molecule has 0 bridgehead atoms. The zero-order chi connectivity index (χ0) is 14.3. The van der Waals surface area contributed by atoms with Crippen molar-refractivity contribution in [2.75, 3.05) is 20.1 Å². The molecule has 0 aliphatic carbocycles. The van der Waals surface area contributed by atoms with Gasteiger partial charge in [0.15, 0.2) is 0 Å². The zero-order valence-corrected chi connectivity index (χ0v) is 10.2. The van der Waals surface area contributed by atoms with Crippen LogP contribution >= 0.6 is 0 Å². The van der Waals surface area contributed by atoms with Crippen LogP contribution in [0, 0.1) is 11.3 Å². The number of aliphatic carboxylic acids is 2. The van der Waals surface area contributed by atoms with Gasteiger partial charge in [-0.15, -0.1) is 0 Å². The van der Waals surface area contributed by atoms with E-state index >= 15 is 0 Å². The van der Waals surface area contributed by atoms with E-state index in [9.17, 15) is 14.4 Å². The average molecular weight is 257 g/mol. The van der Waals surface area contributed by atoms with Crippen molar-refractivity contribution in [1.82, 2.24) is 9.80 Å². The van der Waals surface area contributed by atoms with Crippen LogP contribution in [0.15, 0.2) is 0 Å². The van der Waals surface area contributed by atoms with Gasteiger partial charge in [-0.3, -0.25) is 9.59 Å². The van der Waals surface area contributed by atoms with Gasteiger partial charge in [0.05, 0.1) is 12.5 Å². The fraction of sp³-hybridized carbons (Fsp3) is 0.600. The fourth-order valence-corrected chi connectivity index (χ4v) is 1.20. The lowest BCUT2D eigenvalue weighted by atomic mass is 10.2. The molecular formula is C10H15N3O5. The Bertz CT molecular complexity index is 360. The molecule has 0 heterocycles. The molecule has 0 radical (unpaired) electrons. The lowest BCUT2D eigenvalue weighted by Crippen LogP contribution is -2.48. The van der Waals surface area contributed by atoms with E-state index in [1.54, 1.807) is 6.92 Å². The summed E-state index contributed by atoms with van der Waals surface area (Å²) >= 11 is 0. The van der Waals surface area contributed by atoms with Crippen molar-refractivity contribution >= 4 is 18.0 Å². The molecule has 2 amide bonds. The molecule has 100 valence electrons. The van der Waals surface area contributed by atoms with Gasteiger partial charge < -0.3 is 20.0 Å². The number of carbonyl (C=O) groups excluding carboxylic acids is 1. The predicted molar refractivity (Wildman–Crippen MR) is 59.7 cm³/mol. The predicted octanol–water partition coefficient (Wildman–Crippen LogP) is -0.188. The van der Waals surface area contributed by atoms with Crippen molar-refractivity contribution in [2.24, 2.45) is 0 Å². The average Bonchev–Trinajstić information content (AvgIpc) is 2.25. The smallest absolute Gasteiger partial charge is 0.323 e. The van der Waals surface area contributed by atoms with Crippen LogP contribution in [0.25, 0.3) is 0 Å². The van der Waals surface area contributed by atoms with Crippen molar-refractivity contribution in [1.29, 1.82) is 5.26 Å². The molecule has 0 aliphatic heterocycles. The molecule has 8 nitrogen and oxygen atoms in total. The maximum Gasteiger partial charge on any atom is 0.323 e. The first-order valence-corrected chi connectivity index (χ1v) is 5.11. The minimum Gasteiger partial charge on any atom is -0.480 e. The van der Waals surface area contributed by atoms with Gasteiger partial charge in [-0.2, -0.15) is 5.26 Å². The second-order valence-corrected chi connectivity index (χ2v) is 3.75. The first kappa shape index (κ1) is 15.7. The molecule has 0 spiro atoms. The van der Waals surface area contributed by atoms with E-state index in [-0.39, 0.29) is 6.42 Å². The van der Waals surface area contributed by atoms with E-state index in [0.29, 0.717) is 4.90 Å². The number of carboxylic acids is 2. The molecule has 0 aromatic carbocycles. The number of hydrogen-bond donors (Lipinski definition) is 2. The molecule has 0 saturated carbocycles. The Morgan fingerprint density at radius 2 is 1.67 bits per heavy atom. The molecule has 0 fully saturated rings. The van der Waals surface area contributed by atoms with Gasteiger partial charge >= 0.3 is 18.0 Å². The Morgan fingerprint density at radius 1 is 1.22 bits per heavy atom. The summed E-state index contributed by atoms with van der Waals surface area (Å²) in [6.07, 6.45) is 0.0796. The van der Waals surface area contributed by atoms with E-state index in [4.69, 9.17) is 15.5 Å². The maximum atomic E-state index is 11.8. The number of nitrogens with zero attached hydrogens (tertiary/aromatic N) is 3. The van der Waals surface area contributed by atoms with Gasteiger partial charge in [-0.05, 0) is 6.92 Å². The monoisotopic (exact) mass is 257 g/mol. The van der Waals surface area contributed by atoms with Gasteiger partial charge in [0, 0.05) is 13.1 Å². The first-order valence-electron chi connectivity index (χ1n) is 5.11. The summed E-state index contributed by atoms with van der Waals surface area (Å²) in [5.41, 5.74) is 0. The SMILES string of the molecule is CC(CC#N)N(C)C(=O)N(CC(=O)O)CC(=O)O. The van der Waals surface area contributed by atoms with Crippen molar-refractivity contribution in [3.8, 4) is 6.07 Å².